The largest absolute Gasteiger partial charge is 0.327 e. The molecule has 0 aromatic rings. The molecule has 0 unspecified atom stereocenters. The molecule has 0 aliphatic heterocycles. The molecule has 0 saturated heterocycles. The maximum atomic E-state index is 4.91. The van der Waals surface area contributed by atoms with E-state index in [-0.39, 0.29) is 0 Å². The van der Waals surface area contributed by atoms with Crippen molar-refractivity contribution in [3.05, 3.63) is 12.7 Å². The van der Waals surface area contributed by atoms with E-state index in [4.69, 9.17) is 5.73 Å². The van der Waals surface area contributed by atoms with Gasteiger partial charge in [-0.25, -0.2) is 0 Å². The van der Waals surface area contributed by atoms with Crippen molar-refractivity contribution in [3.63, 3.8) is 0 Å². The van der Waals surface area contributed by atoms with E-state index in [1.54, 1.807) is 6.08 Å². The molecule has 0 fully saturated rings. The van der Waals surface area contributed by atoms with Crippen LogP contribution in [0.2, 0.25) is 0 Å². The zero-order valence-electron chi connectivity index (χ0n) is 18.0. The fourth-order valence-corrected chi connectivity index (χ4v) is 2.98. The molecule has 0 aromatic heterocycles. The summed E-state index contributed by atoms with van der Waals surface area (Å²) < 4.78 is 0. The van der Waals surface area contributed by atoms with Gasteiger partial charge in [0, 0.05) is 6.54 Å². The van der Waals surface area contributed by atoms with Crippen molar-refractivity contribution in [2.75, 3.05) is 27.2 Å². The molecule has 2 heteroatoms. The maximum Gasteiger partial charge on any atom is 0.0104 e. The lowest BCUT2D eigenvalue weighted by Crippen LogP contribution is -2.12. The Kier molecular flexibility index (Phi) is 27.8. The van der Waals surface area contributed by atoms with Crippen LogP contribution in [0, 0.1) is 0 Å². The molecule has 0 aromatic carbocycles. The molecule has 0 heterocycles. The molecule has 0 bridgehead atoms. The molecule has 152 valence electrons. The SMILES string of the molecule is C=CCN.CCCCCCCCCCCCCCCCCCN(C)C. The predicted octanol–water partition coefficient (Wildman–Crippen LogP) is 6.94. The lowest BCUT2D eigenvalue weighted by molar-refractivity contribution is 0.389. The Balaban J connectivity index is 0. The molecular weight excluding hydrogens is 304 g/mol. The van der Waals surface area contributed by atoms with E-state index in [2.05, 4.69) is 32.5 Å². The Labute approximate surface area is 160 Å². The van der Waals surface area contributed by atoms with Crippen LogP contribution in [0.25, 0.3) is 0 Å². The smallest absolute Gasteiger partial charge is 0.0104 e. The Morgan fingerprint density at radius 2 is 0.920 bits per heavy atom. The zero-order chi connectivity index (χ0) is 19.0. The van der Waals surface area contributed by atoms with Gasteiger partial charge in [-0.3, -0.25) is 0 Å². The number of nitrogens with zero attached hydrogens (tertiary/aromatic N) is 1. The number of hydrogen-bond acceptors (Lipinski definition) is 2. The second-order valence-electron chi connectivity index (χ2n) is 7.63. The normalized spacial score (nSPS) is 10.6. The van der Waals surface area contributed by atoms with Gasteiger partial charge in [-0.2, -0.15) is 0 Å². The van der Waals surface area contributed by atoms with E-state index in [1.165, 1.54) is 109 Å². The Bertz CT molecular complexity index is 226. The van der Waals surface area contributed by atoms with Crippen molar-refractivity contribution in [1.29, 1.82) is 0 Å². The summed E-state index contributed by atoms with van der Waals surface area (Å²) in [5.41, 5.74) is 4.91. The average molecular weight is 355 g/mol. The fraction of sp³-hybridized carbons (Fsp3) is 0.913. The van der Waals surface area contributed by atoms with E-state index in [0.717, 1.165) is 0 Å². The van der Waals surface area contributed by atoms with Crippen molar-refractivity contribution in [2.45, 2.75) is 110 Å². The van der Waals surface area contributed by atoms with Crippen molar-refractivity contribution in [1.82, 2.24) is 4.90 Å². The molecule has 25 heavy (non-hydrogen) atoms. The van der Waals surface area contributed by atoms with Gasteiger partial charge in [0.15, 0.2) is 0 Å². The van der Waals surface area contributed by atoms with Gasteiger partial charge in [0.25, 0.3) is 0 Å². The highest BCUT2D eigenvalue weighted by Crippen LogP contribution is 2.13. The first-order valence-electron chi connectivity index (χ1n) is 11.1. The second kappa shape index (κ2) is 25.9. The second-order valence-corrected chi connectivity index (χ2v) is 7.63. The summed E-state index contributed by atoms with van der Waals surface area (Å²) in [5.74, 6) is 0. The van der Waals surface area contributed by atoms with Crippen LogP contribution in [-0.4, -0.2) is 32.1 Å². The predicted molar refractivity (Wildman–Crippen MR) is 117 cm³/mol. The minimum atomic E-state index is 0.583. The molecule has 0 aliphatic carbocycles. The summed E-state index contributed by atoms with van der Waals surface area (Å²) in [4.78, 5) is 2.30. The minimum absolute atomic E-state index is 0.583. The van der Waals surface area contributed by atoms with Crippen LogP contribution < -0.4 is 5.73 Å². The van der Waals surface area contributed by atoms with Crippen molar-refractivity contribution in [3.8, 4) is 0 Å². The number of nitrogens with two attached hydrogens (primary N) is 1. The Morgan fingerprint density at radius 1 is 0.640 bits per heavy atom. The van der Waals surface area contributed by atoms with E-state index in [1.807, 2.05) is 0 Å². The van der Waals surface area contributed by atoms with E-state index in [9.17, 15) is 0 Å². The molecule has 0 saturated carbocycles. The van der Waals surface area contributed by atoms with E-state index in [0.29, 0.717) is 6.54 Å². The lowest BCUT2D eigenvalue weighted by atomic mass is 10.0. The van der Waals surface area contributed by atoms with Crippen LogP contribution in [-0.2, 0) is 0 Å². The fourth-order valence-electron chi connectivity index (χ4n) is 2.98. The monoisotopic (exact) mass is 354 g/mol. The molecule has 0 atom stereocenters. The third-order valence-corrected chi connectivity index (χ3v) is 4.63. The van der Waals surface area contributed by atoms with Gasteiger partial charge in [0.1, 0.15) is 0 Å². The van der Waals surface area contributed by atoms with Gasteiger partial charge in [-0.15, -0.1) is 6.58 Å². The molecule has 2 N–H and O–H groups in total. The average Bonchev–Trinajstić information content (AvgIpc) is 2.61. The van der Waals surface area contributed by atoms with Crippen LogP contribution in [0.15, 0.2) is 12.7 Å². The van der Waals surface area contributed by atoms with E-state index < -0.39 is 0 Å². The first kappa shape index (κ1) is 26.9. The molecule has 0 amide bonds. The first-order chi connectivity index (χ1) is 12.2. The van der Waals surface area contributed by atoms with Crippen LogP contribution in [0.3, 0.4) is 0 Å². The molecule has 0 rings (SSSR count). The minimum Gasteiger partial charge on any atom is -0.327 e. The summed E-state index contributed by atoms with van der Waals surface area (Å²) in [5, 5.41) is 0. The number of rotatable bonds is 18. The van der Waals surface area contributed by atoms with Crippen LogP contribution in [0.5, 0.6) is 0 Å². The quantitative estimate of drug-likeness (QED) is 0.213. The molecule has 0 spiro atoms. The van der Waals surface area contributed by atoms with Gasteiger partial charge in [0.05, 0.1) is 0 Å². The maximum absolute atomic E-state index is 4.91. The molecule has 0 radical (unpaired) electrons. The Morgan fingerprint density at radius 3 is 1.16 bits per heavy atom. The highest BCUT2D eigenvalue weighted by molar-refractivity contribution is 4.64. The van der Waals surface area contributed by atoms with Gasteiger partial charge in [-0.1, -0.05) is 109 Å². The summed E-state index contributed by atoms with van der Waals surface area (Å²) >= 11 is 0. The van der Waals surface area contributed by atoms with Crippen molar-refractivity contribution in [2.24, 2.45) is 5.73 Å². The number of unbranched alkanes of at least 4 members (excludes halogenated alkanes) is 15. The van der Waals surface area contributed by atoms with E-state index >= 15 is 0 Å². The molecule has 0 aliphatic rings. The van der Waals surface area contributed by atoms with Gasteiger partial charge >= 0.3 is 0 Å². The zero-order valence-corrected chi connectivity index (χ0v) is 18.0. The summed E-state index contributed by atoms with van der Waals surface area (Å²) in [6.07, 6.45) is 25.0. The van der Waals surface area contributed by atoms with Crippen LogP contribution >= 0.6 is 0 Å². The van der Waals surface area contributed by atoms with Gasteiger partial charge in [0.2, 0.25) is 0 Å². The topological polar surface area (TPSA) is 29.3 Å². The summed E-state index contributed by atoms with van der Waals surface area (Å²) in [6.45, 7) is 7.50. The molecule has 2 nitrogen and oxygen atoms in total. The first-order valence-corrected chi connectivity index (χ1v) is 11.1. The third kappa shape index (κ3) is 31.9. The highest BCUT2D eigenvalue weighted by Gasteiger charge is 1.95. The van der Waals surface area contributed by atoms with Crippen molar-refractivity contribution >= 4 is 0 Å². The number of hydrogen-bond donors (Lipinski definition) is 1. The Hall–Kier alpha value is -0.340. The van der Waals surface area contributed by atoms with Gasteiger partial charge in [-0.05, 0) is 27.1 Å². The van der Waals surface area contributed by atoms with Crippen LogP contribution in [0.4, 0.5) is 0 Å². The lowest BCUT2D eigenvalue weighted by Gasteiger charge is -2.08. The van der Waals surface area contributed by atoms with Crippen molar-refractivity contribution < 1.29 is 0 Å². The highest BCUT2D eigenvalue weighted by atomic mass is 15.0. The van der Waals surface area contributed by atoms with Crippen LogP contribution in [0.1, 0.15) is 110 Å². The summed E-state index contributed by atoms with van der Waals surface area (Å²) in [7, 11) is 4.34. The summed E-state index contributed by atoms with van der Waals surface area (Å²) in [6, 6.07) is 0. The third-order valence-electron chi connectivity index (χ3n) is 4.63. The molecular formula is C23H50N2. The standard InChI is InChI=1S/C20H43N.C3H7N/c1-4-5-6-7-8-9-10-11-12-13-14-15-16-17-18-19-20-21(2)3;1-2-3-4/h4-20H2,1-3H3;2H,1,3-4H2. The van der Waals surface area contributed by atoms with Gasteiger partial charge < -0.3 is 10.6 Å².